The van der Waals surface area contributed by atoms with Crippen molar-refractivity contribution >= 4 is 5.71 Å². The van der Waals surface area contributed by atoms with E-state index in [1.165, 1.54) is 5.71 Å². The van der Waals surface area contributed by atoms with Crippen LogP contribution in [-0.2, 0) is 4.84 Å². The molecule has 0 radical (unpaired) electrons. The first kappa shape index (κ1) is 9.56. The summed E-state index contributed by atoms with van der Waals surface area (Å²) in [6.45, 7) is 10.9. The first-order chi connectivity index (χ1) is 5.41. The standard InChI is InChI=1S/C10H19NO/c1-7(2)8-6-9(11-12-8)10(3,4)5/h7-8H,6H2,1-5H3. The fraction of sp³-hybridized carbons (Fsp3) is 0.900. The van der Waals surface area contributed by atoms with Crippen molar-refractivity contribution in [1.82, 2.24) is 0 Å². The maximum atomic E-state index is 5.34. The number of nitrogens with zero attached hydrogens (tertiary/aromatic N) is 1. The molecule has 2 nitrogen and oxygen atoms in total. The van der Waals surface area contributed by atoms with Crippen molar-refractivity contribution in [3.05, 3.63) is 0 Å². The molecule has 0 fully saturated rings. The van der Waals surface area contributed by atoms with Crippen molar-refractivity contribution in [3.8, 4) is 0 Å². The van der Waals surface area contributed by atoms with E-state index in [0.29, 0.717) is 12.0 Å². The molecular formula is C10H19NO. The molecule has 1 atom stereocenters. The monoisotopic (exact) mass is 169 g/mol. The van der Waals surface area contributed by atoms with Crippen molar-refractivity contribution in [1.29, 1.82) is 0 Å². The van der Waals surface area contributed by atoms with E-state index in [9.17, 15) is 0 Å². The van der Waals surface area contributed by atoms with E-state index < -0.39 is 0 Å². The quantitative estimate of drug-likeness (QED) is 0.591. The van der Waals surface area contributed by atoms with Crippen LogP contribution in [0.1, 0.15) is 41.0 Å². The summed E-state index contributed by atoms with van der Waals surface area (Å²) >= 11 is 0. The van der Waals surface area contributed by atoms with Gasteiger partial charge in [-0.05, 0) is 5.92 Å². The van der Waals surface area contributed by atoms with Crippen LogP contribution in [0.4, 0.5) is 0 Å². The van der Waals surface area contributed by atoms with Gasteiger partial charge in [0, 0.05) is 11.8 Å². The van der Waals surface area contributed by atoms with Gasteiger partial charge in [0.05, 0.1) is 5.71 Å². The molecule has 1 rings (SSSR count). The van der Waals surface area contributed by atoms with Gasteiger partial charge in [0.1, 0.15) is 6.10 Å². The molecule has 1 heterocycles. The highest BCUT2D eigenvalue weighted by molar-refractivity contribution is 5.90. The molecule has 12 heavy (non-hydrogen) atoms. The lowest BCUT2D eigenvalue weighted by molar-refractivity contribution is 0.0520. The zero-order valence-electron chi connectivity index (χ0n) is 8.72. The average Bonchev–Trinajstić information content (AvgIpc) is 2.30. The fourth-order valence-corrected chi connectivity index (χ4v) is 1.20. The Hall–Kier alpha value is -0.530. The first-order valence-electron chi connectivity index (χ1n) is 4.64. The lowest BCUT2D eigenvalue weighted by Crippen LogP contribution is -2.22. The van der Waals surface area contributed by atoms with Crippen LogP contribution in [0, 0.1) is 11.3 Å². The minimum Gasteiger partial charge on any atom is -0.392 e. The molecule has 1 aliphatic heterocycles. The van der Waals surface area contributed by atoms with E-state index in [0.717, 1.165) is 6.42 Å². The second-order valence-electron chi connectivity index (χ2n) is 4.88. The summed E-state index contributed by atoms with van der Waals surface area (Å²) < 4.78 is 0. The van der Waals surface area contributed by atoms with Gasteiger partial charge < -0.3 is 4.84 Å². The zero-order chi connectivity index (χ0) is 9.35. The van der Waals surface area contributed by atoms with Crippen LogP contribution < -0.4 is 0 Å². The summed E-state index contributed by atoms with van der Waals surface area (Å²) in [6.07, 6.45) is 1.31. The van der Waals surface area contributed by atoms with E-state index in [4.69, 9.17) is 4.84 Å². The summed E-state index contributed by atoms with van der Waals surface area (Å²) in [7, 11) is 0. The molecule has 0 spiro atoms. The smallest absolute Gasteiger partial charge is 0.135 e. The molecule has 0 N–H and O–H groups in total. The Morgan fingerprint density at radius 1 is 1.42 bits per heavy atom. The highest BCUT2D eigenvalue weighted by Gasteiger charge is 2.30. The van der Waals surface area contributed by atoms with Gasteiger partial charge in [0.25, 0.3) is 0 Å². The van der Waals surface area contributed by atoms with Crippen LogP contribution in [0.5, 0.6) is 0 Å². The van der Waals surface area contributed by atoms with Crippen molar-refractivity contribution in [2.45, 2.75) is 47.1 Å². The summed E-state index contributed by atoms with van der Waals surface area (Å²) in [5, 5.41) is 4.13. The SMILES string of the molecule is CC(C)C1CC(C(C)(C)C)=NO1. The van der Waals surface area contributed by atoms with Crippen molar-refractivity contribution in [2.24, 2.45) is 16.5 Å². The Morgan fingerprint density at radius 3 is 2.25 bits per heavy atom. The maximum Gasteiger partial charge on any atom is 0.135 e. The van der Waals surface area contributed by atoms with Gasteiger partial charge in [-0.2, -0.15) is 0 Å². The van der Waals surface area contributed by atoms with E-state index in [2.05, 4.69) is 39.8 Å². The van der Waals surface area contributed by atoms with Gasteiger partial charge in [-0.1, -0.05) is 39.8 Å². The van der Waals surface area contributed by atoms with Gasteiger partial charge in [-0.25, -0.2) is 0 Å². The summed E-state index contributed by atoms with van der Waals surface area (Å²) in [6, 6.07) is 0. The first-order valence-corrected chi connectivity index (χ1v) is 4.64. The van der Waals surface area contributed by atoms with E-state index >= 15 is 0 Å². The molecule has 0 aromatic carbocycles. The molecule has 0 aliphatic carbocycles. The molecule has 0 saturated carbocycles. The van der Waals surface area contributed by atoms with Crippen molar-refractivity contribution in [3.63, 3.8) is 0 Å². The molecule has 0 saturated heterocycles. The Kier molecular flexibility index (Phi) is 2.45. The molecule has 1 aliphatic rings. The fourth-order valence-electron chi connectivity index (χ4n) is 1.20. The number of hydrogen-bond acceptors (Lipinski definition) is 2. The molecule has 0 amide bonds. The minimum atomic E-state index is 0.170. The van der Waals surface area contributed by atoms with Crippen LogP contribution in [0.15, 0.2) is 5.16 Å². The van der Waals surface area contributed by atoms with E-state index in [1.54, 1.807) is 0 Å². The van der Waals surface area contributed by atoms with E-state index in [-0.39, 0.29) is 5.41 Å². The van der Waals surface area contributed by atoms with Crippen LogP contribution >= 0.6 is 0 Å². The molecule has 2 heteroatoms. The molecule has 0 bridgehead atoms. The molecule has 0 aromatic rings. The number of rotatable bonds is 1. The number of oxime groups is 1. The van der Waals surface area contributed by atoms with Crippen LogP contribution in [-0.4, -0.2) is 11.8 Å². The predicted molar refractivity (Wildman–Crippen MR) is 51.2 cm³/mol. The molecule has 0 aromatic heterocycles. The van der Waals surface area contributed by atoms with Gasteiger partial charge in [-0.3, -0.25) is 0 Å². The Morgan fingerprint density at radius 2 is 2.00 bits per heavy atom. The predicted octanol–water partition coefficient (Wildman–Crippen LogP) is 2.83. The van der Waals surface area contributed by atoms with Crippen LogP contribution in [0.3, 0.4) is 0 Å². The number of hydrogen-bond donors (Lipinski definition) is 0. The van der Waals surface area contributed by atoms with Gasteiger partial charge in [0.15, 0.2) is 0 Å². The second-order valence-corrected chi connectivity index (χ2v) is 4.88. The van der Waals surface area contributed by atoms with Crippen LogP contribution in [0.25, 0.3) is 0 Å². The Labute approximate surface area is 75.0 Å². The molecule has 1 unspecified atom stereocenters. The summed E-state index contributed by atoms with van der Waals surface area (Å²) in [4.78, 5) is 5.34. The summed E-state index contributed by atoms with van der Waals surface area (Å²) in [5.41, 5.74) is 1.37. The van der Waals surface area contributed by atoms with Crippen LogP contribution in [0.2, 0.25) is 0 Å². The van der Waals surface area contributed by atoms with E-state index in [1.807, 2.05) is 0 Å². The van der Waals surface area contributed by atoms with Crippen molar-refractivity contribution < 1.29 is 4.84 Å². The molecular weight excluding hydrogens is 150 g/mol. The second kappa shape index (κ2) is 3.08. The highest BCUT2D eigenvalue weighted by atomic mass is 16.6. The highest BCUT2D eigenvalue weighted by Crippen LogP contribution is 2.27. The third-order valence-electron chi connectivity index (χ3n) is 2.30. The van der Waals surface area contributed by atoms with Gasteiger partial charge >= 0.3 is 0 Å². The molecule has 70 valence electrons. The lowest BCUT2D eigenvalue weighted by atomic mass is 9.85. The van der Waals surface area contributed by atoms with Gasteiger partial charge in [-0.15, -0.1) is 0 Å². The van der Waals surface area contributed by atoms with Crippen molar-refractivity contribution in [2.75, 3.05) is 0 Å². The third kappa shape index (κ3) is 1.99. The van der Waals surface area contributed by atoms with Gasteiger partial charge in [0.2, 0.25) is 0 Å². The zero-order valence-corrected chi connectivity index (χ0v) is 8.72. The normalized spacial score (nSPS) is 24.2. The lowest BCUT2D eigenvalue weighted by Gasteiger charge is -2.17. The Bertz CT molecular complexity index is 189. The minimum absolute atomic E-state index is 0.170. The largest absolute Gasteiger partial charge is 0.392 e. The Balaban J connectivity index is 2.55. The average molecular weight is 169 g/mol. The summed E-state index contributed by atoms with van der Waals surface area (Å²) in [5.74, 6) is 0.564. The third-order valence-corrected chi connectivity index (χ3v) is 2.30. The topological polar surface area (TPSA) is 21.6 Å². The maximum absolute atomic E-state index is 5.34.